The first-order chi connectivity index (χ1) is 13.9. The maximum absolute atomic E-state index is 11.4. The van der Waals surface area contributed by atoms with E-state index in [1.807, 2.05) is 0 Å². The number of aliphatic hydroxyl groups is 1. The summed E-state index contributed by atoms with van der Waals surface area (Å²) < 4.78 is 34.3. The summed E-state index contributed by atoms with van der Waals surface area (Å²) >= 11 is 0. The Hall–Kier alpha value is 0.870. The average Bonchev–Trinajstić information content (AvgIpc) is 2.66. The molecular weight excluding hydrogens is 407 g/mol. The van der Waals surface area contributed by atoms with Crippen molar-refractivity contribution in [3.8, 4) is 0 Å². The fraction of sp³-hybridized carbons (Fsp3) is 1.00. The Morgan fingerprint density at radius 1 is 0.600 bits per heavy atom. The van der Waals surface area contributed by atoms with Gasteiger partial charge < -0.3 is 9.66 Å². The van der Waals surface area contributed by atoms with Crippen LogP contribution in [-0.2, 0) is 10.1 Å². The van der Waals surface area contributed by atoms with Crippen LogP contribution in [0.25, 0.3) is 0 Å². The molecule has 0 saturated carbocycles. The number of hydrogen-bond donors (Lipinski definition) is 1. The van der Waals surface area contributed by atoms with Crippen LogP contribution in [0.2, 0.25) is 0 Å². The second-order valence-electron chi connectivity index (χ2n) is 8.87. The van der Waals surface area contributed by atoms with Crippen molar-refractivity contribution in [3.63, 3.8) is 0 Å². The van der Waals surface area contributed by atoms with Crippen molar-refractivity contribution in [3.05, 3.63) is 0 Å². The van der Waals surface area contributed by atoms with E-state index in [4.69, 9.17) is 0 Å². The molecule has 0 radical (unpaired) electrons. The van der Waals surface area contributed by atoms with Crippen molar-refractivity contribution in [2.75, 3.05) is 0 Å². The minimum Gasteiger partial charge on any atom is -0.748 e. The molecule has 0 fully saturated rings. The Labute approximate surface area is 210 Å². The summed E-state index contributed by atoms with van der Waals surface area (Å²) in [5, 5.41) is 9.03. The van der Waals surface area contributed by atoms with Crippen LogP contribution in [0.15, 0.2) is 0 Å². The fourth-order valence-corrected chi connectivity index (χ4v) is 4.96. The minimum atomic E-state index is -4.14. The molecule has 0 aliphatic heterocycles. The predicted octanol–water partition coefficient (Wildman–Crippen LogP) is 4.11. The molecule has 30 heavy (non-hydrogen) atoms. The van der Waals surface area contributed by atoms with E-state index in [1.54, 1.807) is 0 Å². The van der Waals surface area contributed by atoms with E-state index in [-0.39, 0.29) is 35.7 Å². The van der Waals surface area contributed by atoms with Gasteiger partial charge in [0.1, 0.15) is 0 Å². The molecular formula is C24H49NaO4S. The SMILES string of the molecule is CCCCCCC(CCCCCCCCCCCCCC(O)CCC)S(=O)(=O)[O-].[Na+]. The van der Waals surface area contributed by atoms with Gasteiger partial charge in [-0.3, -0.25) is 0 Å². The molecule has 176 valence electrons. The van der Waals surface area contributed by atoms with Crippen molar-refractivity contribution in [2.45, 2.75) is 154 Å². The Bertz CT molecular complexity index is 442. The zero-order valence-corrected chi connectivity index (χ0v) is 23.2. The molecule has 0 rings (SSSR count). The van der Waals surface area contributed by atoms with Crippen LogP contribution in [0.1, 0.15) is 142 Å². The molecule has 0 amide bonds. The second-order valence-corrected chi connectivity index (χ2v) is 10.5. The molecule has 0 bridgehead atoms. The van der Waals surface area contributed by atoms with Crippen molar-refractivity contribution in [2.24, 2.45) is 0 Å². The summed E-state index contributed by atoms with van der Waals surface area (Å²) in [6, 6.07) is 0. The molecule has 0 saturated heterocycles. The van der Waals surface area contributed by atoms with Crippen molar-refractivity contribution in [1.29, 1.82) is 0 Å². The van der Waals surface area contributed by atoms with E-state index in [2.05, 4.69) is 13.8 Å². The quantitative estimate of drug-likeness (QED) is 0.151. The molecule has 0 spiro atoms. The molecule has 0 aliphatic rings. The molecule has 0 aromatic heterocycles. The molecule has 2 unspecified atom stereocenters. The van der Waals surface area contributed by atoms with Crippen LogP contribution in [0, 0.1) is 0 Å². The van der Waals surface area contributed by atoms with Gasteiger partial charge in [0.15, 0.2) is 0 Å². The molecule has 4 nitrogen and oxygen atoms in total. The van der Waals surface area contributed by atoms with Gasteiger partial charge in [0.2, 0.25) is 0 Å². The fourth-order valence-electron chi connectivity index (χ4n) is 4.05. The maximum Gasteiger partial charge on any atom is 1.00 e. The van der Waals surface area contributed by atoms with Crippen molar-refractivity contribution in [1.82, 2.24) is 0 Å². The maximum atomic E-state index is 11.4. The Morgan fingerprint density at radius 2 is 0.967 bits per heavy atom. The van der Waals surface area contributed by atoms with Gasteiger partial charge in [-0.05, 0) is 25.7 Å². The van der Waals surface area contributed by atoms with Gasteiger partial charge in [0.05, 0.1) is 16.2 Å². The molecule has 0 heterocycles. The molecule has 0 aromatic carbocycles. The second kappa shape index (κ2) is 23.0. The third-order valence-electron chi connectivity index (χ3n) is 5.97. The normalized spacial score (nSPS) is 13.7. The van der Waals surface area contributed by atoms with Gasteiger partial charge in [-0.1, -0.05) is 117 Å². The Morgan fingerprint density at radius 3 is 1.33 bits per heavy atom. The minimum absolute atomic E-state index is 0. The van der Waals surface area contributed by atoms with Gasteiger partial charge in [-0.2, -0.15) is 0 Å². The van der Waals surface area contributed by atoms with E-state index in [0.717, 1.165) is 70.6 Å². The first-order valence-electron chi connectivity index (χ1n) is 12.5. The van der Waals surface area contributed by atoms with Crippen molar-refractivity contribution >= 4 is 10.1 Å². The van der Waals surface area contributed by atoms with Crippen LogP contribution >= 0.6 is 0 Å². The summed E-state index contributed by atoms with van der Waals surface area (Å²) in [4.78, 5) is 0. The van der Waals surface area contributed by atoms with Gasteiger partial charge in [-0.25, -0.2) is 8.42 Å². The first-order valence-corrected chi connectivity index (χ1v) is 14.0. The summed E-state index contributed by atoms with van der Waals surface area (Å²) in [6.07, 6.45) is 21.2. The monoisotopic (exact) mass is 456 g/mol. The van der Waals surface area contributed by atoms with E-state index in [0.29, 0.717) is 12.8 Å². The number of rotatable bonds is 22. The van der Waals surface area contributed by atoms with Gasteiger partial charge in [0, 0.05) is 5.25 Å². The summed E-state index contributed by atoms with van der Waals surface area (Å²) in [7, 11) is -4.14. The largest absolute Gasteiger partial charge is 1.00 e. The molecule has 0 aromatic rings. The van der Waals surface area contributed by atoms with Gasteiger partial charge in [-0.15, -0.1) is 0 Å². The smallest absolute Gasteiger partial charge is 0.748 e. The van der Waals surface area contributed by atoms with Crippen molar-refractivity contribution < 1.29 is 47.6 Å². The third-order valence-corrected chi connectivity index (χ3v) is 7.26. The molecule has 1 N–H and O–H groups in total. The van der Waals surface area contributed by atoms with Crippen LogP contribution in [-0.4, -0.2) is 29.4 Å². The first kappa shape index (κ1) is 33.0. The molecule has 2 atom stereocenters. The zero-order chi connectivity index (χ0) is 21.8. The van der Waals surface area contributed by atoms with E-state index in [1.165, 1.54) is 44.9 Å². The Balaban J connectivity index is 0. The van der Waals surface area contributed by atoms with Gasteiger partial charge >= 0.3 is 29.6 Å². The topological polar surface area (TPSA) is 77.4 Å². The number of unbranched alkanes of at least 4 members (excludes halogenated alkanes) is 13. The number of hydrogen-bond acceptors (Lipinski definition) is 4. The number of aliphatic hydroxyl groups excluding tert-OH is 1. The van der Waals surface area contributed by atoms with E-state index in [9.17, 15) is 18.1 Å². The summed E-state index contributed by atoms with van der Waals surface area (Å²) in [5.41, 5.74) is 0. The van der Waals surface area contributed by atoms with Crippen LogP contribution in [0.4, 0.5) is 0 Å². The van der Waals surface area contributed by atoms with Crippen LogP contribution in [0.5, 0.6) is 0 Å². The predicted molar refractivity (Wildman–Crippen MR) is 123 cm³/mol. The van der Waals surface area contributed by atoms with Gasteiger partial charge in [0.25, 0.3) is 0 Å². The molecule has 0 aliphatic carbocycles. The van der Waals surface area contributed by atoms with E-state index < -0.39 is 15.4 Å². The zero-order valence-electron chi connectivity index (χ0n) is 20.4. The van der Waals surface area contributed by atoms with Crippen LogP contribution < -0.4 is 29.6 Å². The standard InChI is InChI=1S/C24H50O4S.Na/c1-3-5-6-17-21-24(29(26,27)28)22-18-15-13-11-9-7-8-10-12-14-16-20-23(25)19-4-2;/h23-25H,3-22H2,1-2H3,(H,26,27,28);/q;+1/p-1. The molecule has 6 heteroatoms. The van der Waals surface area contributed by atoms with E-state index >= 15 is 0 Å². The van der Waals surface area contributed by atoms with Crippen LogP contribution in [0.3, 0.4) is 0 Å². The summed E-state index contributed by atoms with van der Waals surface area (Å²) in [5.74, 6) is 0. The Kier molecular flexibility index (Phi) is 25.4. The third kappa shape index (κ3) is 22.1. The summed E-state index contributed by atoms with van der Waals surface area (Å²) in [6.45, 7) is 4.25. The average molecular weight is 457 g/mol.